The quantitative estimate of drug-likeness (QED) is 0.556. The predicted molar refractivity (Wildman–Crippen MR) is 57.8 cm³/mol. The van der Waals surface area contributed by atoms with Gasteiger partial charge < -0.3 is 4.74 Å². The predicted octanol–water partition coefficient (Wildman–Crippen LogP) is 3.39. The van der Waals surface area contributed by atoms with E-state index in [4.69, 9.17) is 10.1 Å². The molecule has 0 aromatic rings. The molecule has 0 saturated heterocycles. The van der Waals surface area contributed by atoms with Gasteiger partial charge in [-0.1, -0.05) is 19.3 Å². The van der Waals surface area contributed by atoms with Gasteiger partial charge in [0.25, 0.3) is 0 Å². The number of rotatable bonds is 3. The fraction of sp³-hybridized carbons (Fsp3) is 0.900. The first-order valence-electron chi connectivity index (χ1n) is 5.03. The highest BCUT2D eigenvalue weighted by Gasteiger charge is 2.15. The summed E-state index contributed by atoms with van der Waals surface area (Å²) in [6.07, 6.45) is 7.56. The van der Waals surface area contributed by atoms with Gasteiger partial charge >= 0.3 is 0 Å². The number of ether oxygens (including phenoxy) is 1. The summed E-state index contributed by atoms with van der Waals surface area (Å²) in [7, 11) is 0. The highest BCUT2D eigenvalue weighted by atomic mass is 35.5. The van der Waals surface area contributed by atoms with Crippen molar-refractivity contribution in [2.24, 2.45) is 5.92 Å². The van der Waals surface area contributed by atoms with E-state index in [0.29, 0.717) is 12.5 Å². The van der Waals surface area contributed by atoms with Crippen LogP contribution in [0, 0.1) is 11.3 Å². The van der Waals surface area contributed by atoms with Crippen LogP contribution in [0.2, 0.25) is 0 Å². The lowest BCUT2D eigenvalue weighted by Crippen LogP contribution is -2.13. The molecule has 0 radical (unpaired) electrons. The van der Waals surface area contributed by atoms with Crippen LogP contribution in [0.15, 0.2) is 0 Å². The van der Waals surface area contributed by atoms with Crippen LogP contribution < -0.4 is 0 Å². The van der Waals surface area contributed by atoms with E-state index in [1.54, 1.807) is 0 Å². The van der Waals surface area contributed by atoms with Gasteiger partial charge in [0.1, 0.15) is 0 Å². The minimum atomic E-state index is 0. The molecule has 1 N–H and O–H groups in total. The topological polar surface area (TPSA) is 33.1 Å². The van der Waals surface area contributed by atoms with Gasteiger partial charge in [0, 0.05) is 6.42 Å². The standard InChI is InChI=1S/C10H19NO.ClH/c1-2-12-10(11)8-9-6-4-3-5-7-9;/h9,11H,2-8H2,1H3;1H. The molecule has 0 spiro atoms. The summed E-state index contributed by atoms with van der Waals surface area (Å²) in [5.74, 6) is 1.22. The van der Waals surface area contributed by atoms with Gasteiger partial charge in [-0.15, -0.1) is 12.4 Å². The Morgan fingerprint density at radius 2 is 1.92 bits per heavy atom. The summed E-state index contributed by atoms with van der Waals surface area (Å²) in [6.45, 7) is 2.58. The lowest BCUT2D eigenvalue weighted by molar-refractivity contribution is 0.287. The average Bonchev–Trinajstić information content (AvgIpc) is 2.06. The highest BCUT2D eigenvalue weighted by Crippen LogP contribution is 2.26. The second-order valence-electron chi connectivity index (χ2n) is 3.56. The fourth-order valence-corrected chi connectivity index (χ4v) is 1.89. The summed E-state index contributed by atoms with van der Waals surface area (Å²) in [4.78, 5) is 0. The molecule has 1 rings (SSSR count). The van der Waals surface area contributed by atoms with Crippen molar-refractivity contribution in [2.75, 3.05) is 6.61 Å². The molecule has 1 saturated carbocycles. The van der Waals surface area contributed by atoms with Crippen LogP contribution >= 0.6 is 12.4 Å². The van der Waals surface area contributed by atoms with Crippen molar-refractivity contribution in [1.82, 2.24) is 0 Å². The monoisotopic (exact) mass is 205 g/mol. The Kier molecular flexibility index (Phi) is 7.06. The molecule has 2 nitrogen and oxygen atoms in total. The summed E-state index contributed by atoms with van der Waals surface area (Å²) >= 11 is 0. The molecule has 1 fully saturated rings. The molecule has 78 valence electrons. The Balaban J connectivity index is 0.00000144. The first-order chi connectivity index (χ1) is 5.83. The second kappa shape index (κ2) is 7.19. The van der Waals surface area contributed by atoms with Crippen molar-refractivity contribution in [3.8, 4) is 0 Å². The van der Waals surface area contributed by atoms with Gasteiger partial charge in [-0.3, -0.25) is 5.41 Å². The van der Waals surface area contributed by atoms with Gasteiger partial charge in [-0.2, -0.15) is 0 Å². The summed E-state index contributed by atoms with van der Waals surface area (Å²) in [5, 5.41) is 7.50. The number of halogens is 1. The van der Waals surface area contributed by atoms with Crippen LogP contribution in [-0.4, -0.2) is 12.5 Å². The van der Waals surface area contributed by atoms with E-state index in [0.717, 1.165) is 12.3 Å². The Labute approximate surface area is 87.0 Å². The maximum Gasteiger partial charge on any atom is 0.180 e. The minimum absolute atomic E-state index is 0. The SMILES string of the molecule is CCOC(=N)CC1CCCCC1.Cl. The lowest BCUT2D eigenvalue weighted by atomic mass is 9.87. The van der Waals surface area contributed by atoms with Crippen LogP contribution in [0.1, 0.15) is 45.4 Å². The number of nitrogens with one attached hydrogen (secondary N) is 1. The zero-order valence-corrected chi connectivity index (χ0v) is 9.16. The molecule has 13 heavy (non-hydrogen) atoms. The molecule has 1 aliphatic rings. The van der Waals surface area contributed by atoms with Crippen LogP contribution in [0.3, 0.4) is 0 Å². The van der Waals surface area contributed by atoms with Gasteiger partial charge in [-0.05, 0) is 25.7 Å². The first kappa shape index (κ1) is 12.8. The van der Waals surface area contributed by atoms with Crippen molar-refractivity contribution in [3.05, 3.63) is 0 Å². The van der Waals surface area contributed by atoms with Crippen molar-refractivity contribution in [2.45, 2.75) is 45.4 Å². The Bertz CT molecular complexity index is 144. The molecule has 0 bridgehead atoms. The van der Waals surface area contributed by atoms with Gasteiger partial charge in [0.15, 0.2) is 5.90 Å². The van der Waals surface area contributed by atoms with Crippen molar-refractivity contribution in [1.29, 1.82) is 5.41 Å². The van der Waals surface area contributed by atoms with Crippen LogP contribution in [-0.2, 0) is 4.74 Å². The zero-order valence-electron chi connectivity index (χ0n) is 8.34. The van der Waals surface area contributed by atoms with Crippen LogP contribution in [0.25, 0.3) is 0 Å². The normalized spacial score (nSPS) is 17.6. The van der Waals surface area contributed by atoms with E-state index in [1.807, 2.05) is 6.92 Å². The Hall–Kier alpha value is -0.240. The molecule has 0 atom stereocenters. The fourth-order valence-electron chi connectivity index (χ4n) is 1.89. The second-order valence-corrected chi connectivity index (χ2v) is 3.56. The molecular weight excluding hydrogens is 186 g/mol. The molecule has 0 heterocycles. The summed E-state index contributed by atoms with van der Waals surface area (Å²) in [6, 6.07) is 0. The molecule has 0 aromatic carbocycles. The van der Waals surface area contributed by atoms with E-state index < -0.39 is 0 Å². The number of hydrogen-bond donors (Lipinski definition) is 1. The zero-order chi connectivity index (χ0) is 8.81. The van der Waals surface area contributed by atoms with Gasteiger partial charge in [-0.25, -0.2) is 0 Å². The average molecular weight is 206 g/mol. The van der Waals surface area contributed by atoms with E-state index in [1.165, 1.54) is 32.1 Å². The molecule has 0 unspecified atom stereocenters. The molecule has 3 heteroatoms. The maximum atomic E-state index is 7.50. The third-order valence-corrected chi connectivity index (χ3v) is 2.52. The minimum Gasteiger partial charge on any atom is -0.481 e. The third kappa shape index (κ3) is 5.14. The molecule has 0 aromatic heterocycles. The third-order valence-electron chi connectivity index (χ3n) is 2.52. The van der Waals surface area contributed by atoms with Crippen molar-refractivity contribution >= 4 is 18.3 Å². The number of hydrogen-bond acceptors (Lipinski definition) is 2. The van der Waals surface area contributed by atoms with E-state index >= 15 is 0 Å². The molecular formula is C10H20ClNO. The van der Waals surface area contributed by atoms with Crippen molar-refractivity contribution in [3.63, 3.8) is 0 Å². The van der Waals surface area contributed by atoms with E-state index in [9.17, 15) is 0 Å². The summed E-state index contributed by atoms with van der Waals surface area (Å²) in [5.41, 5.74) is 0. The van der Waals surface area contributed by atoms with Crippen LogP contribution in [0.5, 0.6) is 0 Å². The maximum absolute atomic E-state index is 7.50. The van der Waals surface area contributed by atoms with Crippen molar-refractivity contribution < 1.29 is 4.74 Å². The summed E-state index contributed by atoms with van der Waals surface area (Å²) < 4.78 is 5.13. The molecule has 1 aliphatic carbocycles. The van der Waals surface area contributed by atoms with Crippen LogP contribution in [0.4, 0.5) is 0 Å². The van der Waals surface area contributed by atoms with Gasteiger partial charge in [0.05, 0.1) is 6.61 Å². The van der Waals surface area contributed by atoms with E-state index in [-0.39, 0.29) is 12.4 Å². The lowest BCUT2D eigenvalue weighted by Gasteiger charge is -2.21. The Morgan fingerprint density at radius 1 is 1.31 bits per heavy atom. The Morgan fingerprint density at radius 3 is 2.46 bits per heavy atom. The van der Waals surface area contributed by atoms with E-state index in [2.05, 4.69) is 0 Å². The van der Waals surface area contributed by atoms with Gasteiger partial charge in [0.2, 0.25) is 0 Å². The first-order valence-corrected chi connectivity index (χ1v) is 5.03. The highest BCUT2D eigenvalue weighted by molar-refractivity contribution is 5.85. The largest absolute Gasteiger partial charge is 0.481 e. The molecule has 0 amide bonds. The smallest absolute Gasteiger partial charge is 0.180 e. The molecule has 0 aliphatic heterocycles.